The molecular formula is C19H17N5OS. The molecule has 0 radical (unpaired) electrons. The molecule has 0 unspecified atom stereocenters. The predicted octanol–water partition coefficient (Wildman–Crippen LogP) is 2.40. The number of carbonyl (C=O) groups is 1. The van der Waals surface area contributed by atoms with Gasteiger partial charge in [-0.1, -0.05) is 18.2 Å². The molecule has 0 saturated carbocycles. The highest BCUT2D eigenvalue weighted by molar-refractivity contribution is 7.99. The normalized spacial score (nSPS) is 18.5. The lowest BCUT2D eigenvalue weighted by atomic mass is 10.0. The first-order valence-corrected chi connectivity index (χ1v) is 9.49. The van der Waals surface area contributed by atoms with Gasteiger partial charge in [-0.15, -0.1) is 11.8 Å². The Balaban J connectivity index is 1.55. The van der Waals surface area contributed by atoms with Gasteiger partial charge >= 0.3 is 0 Å². The van der Waals surface area contributed by atoms with E-state index in [2.05, 4.69) is 39.2 Å². The zero-order valence-corrected chi connectivity index (χ0v) is 14.9. The van der Waals surface area contributed by atoms with Crippen molar-refractivity contribution >= 4 is 29.4 Å². The van der Waals surface area contributed by atoms with E-state index in [4.69, 9.17) is 0 Å². The van der Waals surface area contributed by atoms with Gasteiger partial charge in [0.25, 0.3) is 0 Å². The van der Waals surface area contributed by atoms with Gasteiger partial charge in [-0.2, -0.15) is 5.26 Å². The molecule has 2 aliphatic rings. The molecule has 1 saturated heterocycles. The number of hydrogen-bond acceptors (Lipinski definition) is 6. The van der Waals surface area contributed by atoms with Gasteiger partial charge in [-0.05, 0) is 23.3 Å². The third kappa shape index (κ3) is 3.16. The molecule has 2 aliphatic heterocycles. The fourth-order valence-electron chi connectivity index (χ4n) is 3.21. The predicted molar refractivity (Wildman–Crippen MR) is 102 cm³/mol. The summed E-state index contributed by atoms with van der Waals surface area (Å²) in [7, 11) is 0. The average molecular weight is 363 g/mol. The van der Waals surface area contributed by atoms with E-state index in [1.54, 1.807) is 29.1 Å². The number of aromatic nitrogens is 2. The van der Waals surface area contributed by atoms with Gasteiger partial charge in [-0.3, -0.25) is 4.79 Å². The Morgan fingerprint density at radius 1 is 1.31 bits per heavy atom. The van der Waals surface area contributed by atoms with Crippen LogP contribution in [0.3, 0.4) is 0 Å². The number of anilines is 1. The molecule has 0 bridgehead atoms. The molecule has 0 aliphatic carbocycles. The number of rotatable bonds is 3. The van der Waals surface area contributed by atoms with Gasteiger partial charge in [-0.25, -0.2) is 9.97 Å². The lowest BCUT2D eigenvalue weighted by molar-refractivity contribution is -0.129. The maximum atomic E-state index is 12.7. The van der Waals surface area contributed by atoms with Crippen LogP contribution in [-0.2, 0) is 4.79 Å². The number of thioether (sulfide) groups is 1. The van der Waals surface area contributed by atoms with Crippen LogP contribution in [0.15, 0.2) is 43.0 Å². The molecule has 6 nitrogen and oxygen atoms in total. The van der Waals surface area contributed by atoms with E-state index in [-0.39, 0.29) is 18.5 Å². The standard InChI is InChI=1S/C19H17N5OS/c20-7-17-11-26-13-24(17)19(25)10-23-5-1-2-15-6-14(3-4-18(15)23)16-8-21-12-22-9-16/h1-4,6,8-9,12,17H,5,10-11,13H2/t17-/m1/s1. The van der Waals surface area contributed by atoms with Crippen molar-refractivity contribution in [3.05, 3.63) is 48.6 Å². The minimum atomic E-state index is -0.312. The lowest BCUT2D eigenvalue weighted by Gasteiger charge is -2.30. The molecule has 1 fully saturated rings. The summed E-state index contributed by atoms with van der Waals surface area (Å²) in [5, 5.41) is 9.20. The molecule has 2 aromatic rings. The smallest absolute Gasteiger partial charge is 0.243 e. The second-order valence-corrected chi connectivity index (χ2v) is 7.19. The number of benzene rings is 1. The van der Waals surface area contributed by atoms with E-state index in [0.717, 1.165) is 22.4 Å². The molecule has 0 spiro atoms. The van der Waals surface area contributed by atoms with Crippen molar-refractivity contribution in [1.82, 2.24) is 14.9 Å². The first-order chi connectivity index (χ1) is 12.8. The number of fused-ring (bicyclic) bond motifs is 1. The molecule has 1 aromatic heterocycles. The van der Waals surface area contributed by atoms with Crippen molar-refractivity contribution in [3.63, 3.8) is 0 Å². The van der Waals surface area contributed by atoms with Crippen molar-refractivity contribution in [2.24, 2.45) is 0 Å². The number of nitrogens with zero attached hydrogens (tertiary/aromatic N) is 5. The van der Waals surface area contributed by atoms with Crippen molar-refractivity contribution in [2.75, 3.05) is 29.6 Å². The zero-order chi connectivity index (χ0) is 17.9. The Morgan fingerprint density at radius 3 is 2.96 bits per heavy atom. The third-order valence-electron chi connectivity index (χ3n) is 4.56. The number of nitriles is 1. The topological polar surface area (TPSA) is 73.1 Å². The number of carbonyl (C=O) groups excluding carboxylic acids is 1. The largest absolute Gasteiger partial charge is 0.358 e. The highest BCUT2D eigenvalue weighted by Crippen LogP contribution is 2.31. The van der Waals surface area contributed by atoms with E-state index in [1.807, 2.05) is 12.1 Å². The Bertz CT molecular complexity index is 893. The summed E-state index contributed by atoms with van der Waals surface area (Å²) in [6, 6.07) is 8.06. The van der Waals surface area contributed by atoms with E-state index in [9.17, 15) is 10.1 Å². The van der Waals surface area contributed by atoms with Crippen LogP contribution in [0.4, 0.5) is 5.69 Å². The highest BCUT2D eigenvalue weighted by atomic mass is 32.2. The molecule has 1 atom stereocenters. The average Bonchev–Trinajstić information content (AvgIpc) is 3.17. The fourth-order valence-corrected chi connectivity index (χ4v) is 4.31. The summed E-state index contributed by atoms with van der Waals surface area (Å²) < 4.78 is 0. The van der Waals surface area contributed by atoms with E-state index in [1.165, 1.54) is 6.33 Å². The third-order valence-corrected chi connectivity index (χ3v) is 5.58. The first kappa shape index (κ1) is 16.6. The van der Waals surface area contributed by atoms with Crippen molar-refractivity contribution in [2.45, 2.75) is 6.04 Å². The second kappa shape index (κ2) is 7.18. The lowest BCUT2D eigenvalue weighted by Crippen LogP contribution is -2.43. The minimum Gasteiger partial charge on any atom is -0.358 e. The van der Waals surface area contributed by atoms with Crippen LogP contribution in [0, 0.1) is 11.3 Å². The quantitative estimate of drug-likeness (QED) is 0.834. The summed E-state index contributed by atoms with van der Waals surface area (Å²) in [5.41, 5.74) is 4.10. The van der Waals surface area contributed by atoms with E-state index in [0.29, 0.717) is 18.2 Å². The highest BCUT2D eigenvalue weighted by Gasteiger charge is 2.30. The van der Waals surface area contributed by atoms with Crippen LogP contribution in [0.25, 0.3) is 17.2 Å². The Morgan fingerprint density at radius 2 is 2.15 bits per heavy atom. The molecule has 0 N–H and O–H groups in total. The zero-order valence-electron chi connectivity index (χ0n) is 14.1. The van der Waals surface area contributed by atoms with Crippen molar-refractivity contribution < 1.29 is 4.79 Å². The molecule has 26 heavy (non-hydrogen) atoms. The van der Waals surface area contributed by atoms with Gasteiger partial charge in [0.2, 0.25) is 5.91 Å². The maximum absolute atomic E-state index is 12.7. The summed E-state index contributed by atoms with van der Waals surface area (Å²) in [6.07, 6.45) is 9.22. The summed E-state index contributed by atoms with van der Waals surface area (Å²) in [5.74, 6) is 1.30. The van der Waals surface area contributed by atoms with Crippen molar-refractivity contribution in [3.8, 4) is 17.2 Å². The van der Waals surface area contributed by atoms with Gasteiger partial charge < -0.3 is 9.80 Å². The Labute approximate surface area is 156 Å². The molecule has 130 valence electrons. The number of hydrogen-bond donors (Lipinski definition) is 0. The SMILES string of the molecule is N#C[C@@H]1CSCN1C(=O)CN1CC=Cc2cc(-c3cncnc3)ccc21. The van der Waals surface area contributed by atoms with Crippen LogP contribution in [-0.4, -0.2) is 51.5 Å². The monoisotopic (exact) mass is 363 g/mol. The summed E-state index contributed by atoms with van der Waals surface area (Å²) in [4.78, 5) is 24.5. The van der Waals surface area contributed by atoms with E-state index >= 15 is 0 Å². The van der Waals surface area contributed by atoms with Gasteiger partial charge in [0.05, 0.1) is 18.5 Å². The van der Waals surface area contributed by atoms with Crippen LogP contribution in [0.5, 0.6) is 0 Å². The van der Waals surface area contributed by atoms with Crippen molar-refractivity contribution in [1.29, 1.82) is 5.26 Å². The number of amides is 1. The van der Waals surface area contributed by atoms with Crippen LogP contribution >= 0.6 is 11.8 Å². The van der Waals surface area contributed by atoms with E-state index < -0.39 is 0 Å². The molecule has 1 amide bonds. The fraction of sp³-hybridized carbons (Fsp3) is 0.263. The first-order valence-electron chi connectivity index (χ1n) is 8.34. The van der Waals surface area contributed by atoms with Crippen LogP contribution in [0.1, 0.15) is 5.56 Å². The Kier molecular flexibility index (Phi) is 4.59. The van der Waals surface area contributed by atoms with Crippen LogP contribution in [0.2, 0.25) is 0 Å². The maximum Gasteiger partial charge on any atom is 0.243 e. The molecule has 1 aromatic carbocycles. The summed E-state index contributed by atoms with van der Waals surface area (Å²) >= 11 is 1.63. The molecular weight excluding hydrogens is 346 g/mol. The Hall–Kier alpha value is -2.85. The molecule has 7 heteroatoms. The van der Waals surface area contributed by atoms with Crippen LogP contribution < -0.4 is 4.90 Å². The summed E-state index contributed by atoms with van der Waals surface area (Å²) in [6.45, 7) is 0.967. The second-order valence-electron chi connectivity index (χ2n) is 6.19. The molecule has 4 rings (SSSR count). The van der Waals surface area contributed by atoms with Gasteiger partial charge in [0.15, 0.2) is 0 Å². The molecule has 3 heterocycles. The minimum absolute atomic E-state index is 0.00309. The van der Waals surface area contributed by atoms with Gasteiger partial charge in [0, 0.05) is 35.9 Å². The van der Waals surface area contributed by atoms with Gasteiger partial charge in [0.1, 0.15) is 12.4 Å².